The van der Waals surface area contributed by atoms with Crippen LogP contribution in [0, 0.1) is 5.92 Å². The van der Waals surface area contributed by atoms with Gasteiger partial charge in [-0.15, -0.1) is 0 Å². The molecule has 1 N–H and O–H groups in total. The van der Waals surface area contributed by atoms with Gasteiger partial charge in [0.15, 0.2) is 15.5 Å². The summed E-state index contributed by atoms with van der Waals surface area (Å²) in [6.07, 6.45) is -15.0. The molecule has 2 fully saturated rings. The van der Waals surface area contributed by atoms with Crippen LogP contribution in [0.2, 0.25) is 5.02 Å². The Morgan fingerprint density at radius 2 is 1.53 bits per heavy atom. The van der Waals surface area contributed by atoms with Crippen molar-refractivity contribution in [1.29, 1.82) is 0 Å². The number of rotatable bonds is 5. The molecular formula is C29H26ClF8NO5S. The van der Waals surface area contributed by atoms with Gasteiger partial charge in [-0.1, -0.05) is 35.9 Å². The molecular weight excluding hydrogens is 662 g/mol. The number of carboxylic acid groups (broad SMARTS) is 1. The van der Waals surface area contributed by atoms with E-state index in [0.717, 1.165) is 11.0 Å². The van der Waals surface area contributed by atoms with Crippen molar-refractivity contribution in [2.45, 2.75) is 84.3 Å². The van der Waals surface area contributed by atoms with Gasteiger partial charge in [0.2, 0.25) is 0 Å². The highest BCUT2D eigenvalue weighted by molar-refractivity contribution is 7.92. The Balaban J connectivity index is 1.65. The summed E-state index contributed by atoms with van der Waals surface area (Å²) in [6, 6.07) is 4.97. The Labute approximate surface area is 257 Å². The number of carbonyl (C=O) groups excluding carboxylic acids is 1. The van der Waals surface area contributed by atoms with E-state index in [-0.39, 0.29) is 59.3 Å². The number of hydrogen-bond acceptors (Lipinski definition) is 4. The van der Waals surface area contributed by atoms with Crippen LogP contribution >= 0.6 is 11.6 Å². The number of aryl methyl sites for hydroxylation is 1. The highest BCUT2D eigenvalue weighted by Gasteiger charge is 2.74. The van der Waals surface area contributed by atoms with Gasteiger partial charge >= 0.3 is 24.0 Å². The zero-order valence-corrected chi connectivity index (χ0v) is 24.8. The molecule has 0 radical (unpaired) electrons. The number of halogens is 9. The lowest BCUT2D eigenvalue weighted by molar-refractivity contribution is -0.348. The normalized spacial score (nSPS) is 27.5. The lowest BCUT2D eigenvalue weighted by Crippen LogP contribution is -2.56. The van der Waals surface area contributed by atoms with E-state index in [1.165, 1.54) is 18.2 Å². The number of likely N-dealkylation sites (tertiary alicyclic amines) is 1. The number of fused-ring (bicyclic) bond motifs is 3. The fourth-order valence-corrected chi connectivity index (χ4v) is 9.78. The molecule has 45 heavy (non-hydrogen) atoms. The first kappa shape index (κ1) is 33.4. The molecule has 1 heterocycles. The van der Waals surface area contributed by atoms with E-state index < -0.39 is 86.9 Å². The average molecular weight is 688 g/mol. The predicted molar refractivity (Wildman–Crippen MR) is 144 cm³/mol. The zero-order chi connectivity index (χ0) is 33.4. The molecule has 5 rings (SSSR count). The standard InChI is InChI=1S/C29H26ClF8NO5S/c30-19-2-1-3-20(15-19)45(43,44)26-12-13-39(24(42)25(31)10-8-16(9-11-25)23(40)41)22(26)7-4-17-14-18(5-6-21(17)26)27(32,28(33,34)35)29(36,37)38/h1-3,5-6,14-16,22H,4,7-13H2,(H,40,41)/t16-,22?,25+,26?. The van der Waals surface area contributed by atoms with Crippen molar-refractivity contribution in [2.24, 2.45) is 5.92 Å². The van der Waals surface area contributed by atoms with Gasteiger partial charge in [-0.25, -0.2) is 17.2 Å². The summed E-state index contributed by atoms with van der Waals surface area (Å²) in [5.74, 6) is -3.08. The molecule has 0 aromatic heterocycles. The van der Waals surface area contributed by atoms with Crippen LogP contribution in [0.25, 0.3) is 0 Å². The van der Waals surface area contributed by atoms with Crippen LogP contribution in [0.3, 0.4) is 0 Å². The molecule has 1 amide bonds. The summed E-state index contributed by atoms with van der Waals surface area (Å²) in [4.78, 5) is 25.8. The fourth-order valence-electron chi connectivity index (χ4n) is 7.11. The summed E-state index contributed by atoms with van der Waals surface area (Å²) in [7, 11) is -4.66. The maximum atomic E-state index is 16.1. The predicted octanol–water partition coefficient (Wildman–Crippen LogP) is 6.83. The molecule has 2 aliphatic carbocycles. The largest absolute Gasteiger partial charge is 0.481 e. The number of alkyl halides is 8. The Morgan fingerprint density at radius 3 is 2.09 bits per heavy atom. The minimum Gasteiger partial charge on any atom is -0.481 e. The molecule has 2 unspecified atom stereocenters. The Hall–Kier alpha value is -2.94. The number of amides is 1. The zero-order valence-electron chi connectivity index (χ0n) is 23.2. The van der Waals surface area contributed by atoms with Gasteiger partial charge < -0.3 is 10.0 Å². The third kappa shape index (κ3) is 4.99. The van der Waals surface area contributed by atoms with Gasteiger partial charge in [0, 0.05) is 17.1 Å². The summed E-state index contributed by atoms with van der Waals surface area (Å²) in [6.45, 7) is -0.337. The topological polar surface area (TPSA) is 91.8 Å². The van der Waals surface area contributed by atoms with Crippen LogP contribution in [0.15, 0.2) is 47.4 Å². The van der Waals surface area contributed by atoms with Crippen LogP contribution in [0.5, 0.6) is 0 Å². The quantitative estimate of drug-likeness (QED) is 0.348. The third-order valence-electron chi connectivity index (χ3n) is 9.42. The Bertz CT molecular complexity index is 1620. The van der Waals surface area contributed by atoms with Crippen LogP contribution in [0.4, 0.5) is 35.1 Å². The second-order valence-electron chi connectivity index (χ2n) is 11.8. The van der Waals surface area contributed by atoms with Crippen molar-refractivity contribution in [1.82, 2.24) is 4.90 Å². The second-order valence-corrected chi connectivity index (χ2v) is 14.4. The van der Waals surface area contributed by atoms with Crippen LogP contribution in [-0.2, 0) is 36.3 Å². The molecule has 0 bridgehead atoms. The highest BCUT2D eigenvalue weighted by Crippen LogP contribution is 2.57. The molecule has 1 saturated carbocycles. The van der Waals surface area contributed by atoms with Crippen LogP contribution in [0.1, 0.15) is 55.2 Å². The second kappa shape index (κ2) is 10.8. The van der Waals surface area contributed by atoms with Gasteiger partial charge in [-0.05, 0) is 74.3 Å². The number of benzene rings is 2. The van der Waals surface area contributed by atoms with Crippen molar-refractivity contribution < 1.29 is 58.2 Å². The number of sulfone groups is 1. The van der Waals surface area contributed by atoms with E-state index in [0.29, 0.717) is 12.1 Å². The van der Waals surface area contributed by atoms with Crippen molar-refractivity contribution in [3.63, 3.8) is 0 Å². The summed E-state index contributed by atoms with van der Waals surface area (Å²) in [5.41, 5.74) is -10.6. The van der Waals surface area contributed by atoms with Crippen molar-refractivity contribution in [2.75, 3.05) is 6.54 Å². The molecule has 246 valence electrons. The van der Waals surface area contributed by atoms with E-state index in [9.17, 15) is 53.8 Å². The monoisotopic (exact) mass is 687 g/mol. The molecule has 6 nitrogen and oxygen atoms in total. The van der Waals surface area contributed by atoms with Gasteiger partial charge in [-0.2, -0.15) is 26.3 Å². The lowest BCUT2D eigenvalue weighted by atomic mass is 9.76. The molecule has 2 atom stereocenters. The molecule has 1 aliphatic heterocycles. The molecule has 0 spiro atoms. The number of hydrogen-bond donors (Lipinski definition) is 1. The first-order chi connectivity index (χ1) is 20.7. The first-order valence-corrected chi connectivity index (χ1v) is 15.8. The van der Waals surface area contributed by atoms with E-state index in [1.807, 2.05) is 0 Å². The molecule has 2 aromatic rings. The Morgan fingerprint density at radius 1 is 0.911 bits per heavy atom. The van der Waals surface area contributed by atoms with Gasteiger partial charge in [0.05, 0.1) is 16.9 Å². The van der Waals surface area contributed by atoms with Crippen LogP contribution < -0.4 is 0 Å². The lowest BCUT2D eigenvalue weighted by Gasteiger charge is -2.44. The summed E-state index contributed by atoms with van der Waals surface area (Å²) >= 11 is 6.04. The summed E-state index contributed by atoms with van der Waals surface area (Å²) < 4.78 is 139. The van der Waals surface area contributed by atoms with Gasteiger partial charge in [-0.3, -0.25) is 9.59 Å². The van der Waals surface area contributed by atoms with Crippen molar-refractivity contribution >= 4 is 33.3 Å². The maximum Gasteiger partial charge on any atom is 0.435 e. The van der Waals surface area contributed by atoms with Gasteiger partial charge in [0.1, 0.15) is 4.75 Å². The fraction of sp³-hybridized carbons (Fsp3) is 0.517. The van der Waals surface area contributed by atoms with E-state index >= 15 is 4.39 Å². The summed E-state index contributed by atoms with van der Waals surface area (Å²) in [5, 5.41) is 9.27. The molecule has 3 aliphatic rings. The van der Waals surface area contributed by atoms with Crippen molar-refractivity contribution in [3.8, 4) is 0 Å². The van der Waals surface area contributed by atoms with Gasteiger partial charge in [0.25, 0.3) is 5.91 Å². The van der Waals surface area contributed by atoms with E-state index in [4.69, 9.17) is 11.6 Å². The molecule has 2 aromatic carbocycles. The van der Waals surface area contributed by atoms with Crippen LogP contribution in [-0.4, -0.2) is 60.9 Å². The number of carbonyl (C=O) groups is 2. The minimum absolute atomic E-state index is 0.00296. The number of aliphatic carboxylic acids is 1. The smallest absolute Gasteiger partial charge is 0.435 e. The average Bonchev–Trinajstić information content (AvgIpc) is 3.36. The van der Waals surface area contributed by atoms with E-state index in [1.54, 1.807) is 0 Å². The van der Waals surface area contributed by atoms with E-state index in [2.05, 4.69) is 0 Å². The third-order valence-corrected chi connectivity index (χ3v) is 12.2. The number of nitrogens with zero attached hydrogens (tertiary/aromatic N) is 1. The SMILES string of the molecule is O=C(O)[C@H]1CC[C@](F)(C(=O)N2CCC3(S(=O)(=O)c4cccc(Cl)c4)c4ccc(C(F)(C(F)(F)F)C(F)(F)F)cc4CCC23)CC1. The number of carboxylic acids is 1. The molecule has 1 saturated heterocycles. The first-order valence-electron chi connectivity index (χ1n) is 13.9. The van der Waals surface area contributed by atoms with Crippen molar-refractivity contribution in [3.05, 3.63) is 64.2 Å². The highest BCUT2D eigenvalue weighted by atomic mass is 35.5. The Kier molecular flexibility index (Phi) is 8.03. The maximum absolute atomic E-state index is 16.1. The molecule has 16 heteroatoms. The minimum atomic E-state index is -6.40.